The van der Waals surface area contributed by atoms with E-state index in [1.54, 1.807) is 6.21 Å². The van der Waals surface area contributed by atoms with Crippen molar-refractivity contribution in [3.8, 4) is 0 Å². The first kappa shape index (κ1) is 9.86. The van der Waals surface area contributed by atoms with Gasteiger partial charge in [-0.2, -0.15) is 5.10 Å². The van der Waals surface area contributed by atoms with Crippen molar-refractivity contribution in [1.82, 2.24) is 0 Å². The molecule has 4 heteroatoms. The normalized spacial score (nSPS) is 10.7. The number of benzene rings is 1. The second kappa shape index (κ2) is 4.14. The van der Waals surface area contributed by atoms with Crippen LogP contribution in [0.25, 0.3) is 0 Å². The molecule has 0 aliphatic heterocycles. The molecular weight excluding hydrogens is 186 g/mol. The molecule has 2 N–H and O–H groups in total. The van der Waals surface area contributed by atoms with E-state index in [-0.39, 0.29) is 0 Å². The SMILES string of the molecule is CN(C)c1cccc(Cl)c1/C=N/N. The lowest BCUT2D eigenvalue weighted by Crippen LogP contribution is -2.11. The molecule has 3 nitrogen and oxygen atoms in total. The zero-order valence-electron chi connectivity index (χ0n) is 7.66. The quantitative estimate of drug-likeness (QED) is 0.446. The van der Waals surface area contributed by atoms with Gasteiger partial charge in [0, 0.05) is 25.3 Å². The van der Waals surface area contributed by atoms with E-state index in [1.807, 2.05) is 37.2 Å². The van der Waals surface area contributed by atoms with Crippen molar-refractivity contribution in [2.24, 2.45) is 10.9 Å². The van der Waals surface area contributed by atoms with Crippen molar-refractivity contribution < 1.29 is 0 Å². The van der Waals surface area contributed by atoms with E-state index in [9.17, 15) is 0 Å². The van der Waals surface area contributed by atoms with Gasteiger partial charge in [0.05, 0.1) is 11.2 Å². The van der Waals surface area contributed by atoms with Crippen LogP contribution in [-0.2, 0) is 0 Å². The van der Waals surface area contributed by atoms with Crippen LogP contribution in [0.5, 0.6) is 0 Å². The first-order valence-corrected chi connectivity index (χ1v) is 4.23. The predicted octanol–water partition coefficient (Wildman–Crippen LogP) is 1.70. The average Bonchev–Trinajstić information content (AvgIpc) is 2.08. The van der Waals surface area contributed by atoms with Crippen LogP contribution in [0.15, 0.2) is 23.3 Å². The Morgan fingerprint density at radius 1 is 1.46 bits per heavy atom. The summed E-state index contributed by atoms with van der Waals surface area (Å²) in [4.78, 5) is 1.96. The van der Waals surface area contributed by atoms with Crippen molar-refractivity contribution in [1.29, 1.82) is 0 Å². The van der Waals surface area contributed by atoms with Crippen LogP contribution in [0.1, 0.15) is 5.56 Å². The molecule has 1 aromatic carbocycles. The lowest BCUT2D eigenvalue weighted by molar-refractivity contribution is 1.13. The number of nitrogens with two attached hydrogens (primary N) is 1. The van der Waals surface area contributed by atoms with Gasteiger partial charge in [0.2, 0.25) is 0 Å². The Morgan fingerprint density at radius 3 is 2.69 bits per heavy atom. The zero-order valence-corrected chi connectivity index (χ0v) is 8.42. The number of hydrazone groups is 1. The molecule has 0 saturated carbocycles. The number of nitrogens with zero attached hydrogens (tertiary/aromatic N) is 2. The summed E-state index contributed by atoms with van der Waals surface area (Å²) in [7, 11) is 3.89. The first-order chi connectivity index (χ1) is 6.16. The molecule has 0 aromatic heterocycles. The second-order valence-corrected chi connectivity index (χ2v) is 3.25. The van der Waals surface area contributed by atoms with Crippen molar-refractivity contribution in [3.05, 3.63) is 28.8 Å². The Hall–Kier alpha value is -1.22. The van der Waals surface area contributed by atoms with Crippen LogP contribution < -0.4 is 10.7 Å². The third-order valence-corrected chi connectivity index (χ3v) is 2.04. The molecule has 0 unspecified atom stereocenters. The maximum atomic E-state index is 5.98. The minimum Gasteiger partial charge on any atom is -0.377 e. The topological polar surface area (TPSA) is 41.6 Å². The Morgan fingerprint density at radius 2 is 2.15 bits per heavy atom. The molecule has 0 bridgehead atoms. The van der Waals surface area contributed by atoms with Crippen LogP contribution in [0.2, 0.25) is 5.02 Å². The maximum Gasteiger partial charge on any atom is 0.0573 e. The van der Waals surface area contributed by atoms with Gasteiger partial charge >= 0.3 is 0 Å². The molecule has 0 atom stereocenters. The van der Waals surface area contributed by atoms with Crippen LogP contribution in [0, 0.1) is 0 Å². The Balaban J connectivity index is 3.25. The molecule has 70 valence electrons. The molecular formula is C9H12ClN3. The van der Waals surface area contributed by atoms with Crippen molar-refractivity contribution >= 4 is 23.5 Å². The van der Waals surface area contributed by atoms with Gasteiger partial charge in [-0.3, -0.25) is 0 Å². The number of rotatable bonds is 2. The standard InChI is InChI=1S/C9H12ClN3/c1-13(2)9-5-3-4-8(10)7(9)6-12-11/h3-6H,11H2,1-2H3/b12-6+. The summed E-state index contributed by atoms with van der Waals surface area (Å²) in [6.07, 6.45) is 1.55. The fraction of sp³-hybridized carbons (Fsp3) is 0.222. The molecule has 0 aliphatic rings. The Kier molecular flexibility index (Phi) is 3.14. The largest absolute Gasteiger partial charge is 0.377 e. The summed E-state index contributed by atoms with van der Waals surface area (Å²) in [6.45, 7) is 0. The summed E-state index contributed by atoms with van der Waals surface area (Å²) in [5, 5.41) is 4.13. The summed E-state index contributed by atoms with van der Waals surface area (Å²) in [5.41, 5.74) is 1.85. The molecule has 0 fully saturated rings. The van der Waals surface area contributed by atoms with Crippen LogP contribution in [0.4, 0.5) is 5.69 Å². The van der Waals surface area contributed by atoms with E-state index in [0.717, 1.165) is 11.3 Å². The minimum atomic E-state index is 0.653. The third kappa shape index (κ3) is 2.12. The highest BCUT2D eigenvalue weighted by atomic mass is 35.5. The number of anilines is 1. The molecule has 0 heterocycles. The first-order valence-electron chi connectivity index (χ1n) is 3.86. The highest BCUT2D eigenvalue weighted by Crippen LogP contribution is 2.24. The Bertz CT molecular complexity index is 321. The fourth-order valence-corrected chi connectivity index (χ4v) is 1.34. The number of hydrogen-bond acceptors (Lipinski definition) is 3. The van der Waals surface area contributed by atoms with E-state index >= 15 is 0 Å². The highest BCUT2D eigenvalue weighted by Gasteiger charge is 2.05. The van der Waals surface area contributed by atoms with Crippen LogP contribution in [0.3, 0.4) is 0 Å². The van der Waals surface area contributed by atoms with Gasteiger partial charge in [0.25, 0.3) is 0 Å². The molecule has 0 aliphatic carbocycles. The summed E-state index contributed by atoms with van der Waals surface area (Å²) in [6, 6.07) is 5.67. The fourth-order valence-electron chi connectivity index (χ4n) is 1.12. The molecule has 0 radical (unpaired) electrons. The lowest BCUT2D eigenvalue weighted by Gasteiger charge is -2.15. The number of halogens is 1. The van der Waals surface area contributed by atoms with E-state index in [2.05, 4.69) is 5.10 Å². The summed E-state index contributed by atoms with van der Waals surface area (Å²) in [5.74, 6) is 5.09. The van der Waals surface area contributed by atoms with Crippen molar-refractivity contribution in [2.75, 3.05) is 19.0 Å². The third-order valence-electron chi connectivity index (χ3n) is 1.72. The summed E-state index contributed by atoms with van der Waals surface area (Å²) >= 11 is 5.98. The van der Waals surface area contributed by atoms with Gasteiger partial charge in [0.1, 0.15) is 0 Å². The smallest absolute Gasteiger partial charge is 0.0573 e. The molecule has 1 aromatic rings. The molecule has 1 rings (SSSR count). The monoisotopic (exact) mass is 197 g/mol. The van der Waals surface area contributed by atoms with Crippen molar-refractivity contribution in [2.45, 2.75) is 0 Å². The Labute approximate surface area is 82.8 Å². The van der Waals surface area contributed by atoms with Gasteiger partial charge in [0.15, 0.2) is 0 Å². The van der Waals surface area contributed by atoms with Gasteiger partial charge < -0.3 is 10.7 Å². The zero-order chi connectivity index (χ0) is 9.84. The van der Waals surface area contributed by atoms with Gasteiger partial charge in [-0.05, 0) is 12.1 Å². The van der Waals surface area contributed by atoms with Crippen LogP contribution >= 0.6 is 11.6 Å². The van der Waals surface area contributed by atoms with Crippen molar-refractivity contribution in [3.63, 3.8) is 0 Å². The molecule has 0 amide bonds. The lowest BCUT2D eigenvalue weighted by atomic mass is 10.2. The number of hydrogen-bond donors (Lipinski definition) is 1. The summed E-state index contributed by atoms with van der Waals surface area (Å²) < 4.78 is 0. The molecule has 0 saturated heterocycles. The average molecular weight is 198 g/mol. The van der Waals surface area contributed by atoms with Gasteiger partial charge in [-0.1, -0.05) is 17.7 Å². The highest BCUT2D eigenvalue weighted by molar-refractivity contribution is 6.33. The molecule has 13 heavy (non-hydrogen) atoms. The maximum absolute atomic E-state index is 5.98. The van der Waals surface area contributed by atoms with Gasteiger partial charge in [-0.25, -0.2) is 0 Å². The van der Waals surface area contributed by atoms with E-state index in [1.165, 1.54) is 0 Å². The van der Waals surface area contributed by atoms with Crippen LogP contribution in [-0.4, -0.2) is 20.3 Å². The predicted molar refractivity (Wildman–Crippen MR) is 57.6 cm³/mol. The van der Waals surface area contributed by atoms with E-state index < -0.39 is 0 Å². The minimum absolute atomic E-state index is 0.653. The van der Waals surface area contributed by atoms with Gasteiger partial charge in [-0.15, -0.1) is 0 Å². The second-order valence-electron chi connectivity index (χ2n) is 2.85. The van der Waals surface area contributed by atoms with E-state index in [4.69, 9.17) is 17.4 Å². The van der Waals surface area contributed by atoms with E-state index in [0.29, 0.717) is 5.02 Å². The molecule has 0 spiro atoms.